The van der Waals surface area contributed by atoms with E-state index in [-0.39, 0.29) is 24.0 Å². The molecule has 0 bridgehead atoms. The van der Waals surface area contributed by atoms with E-state index in [1.165, 1.54) is 0 Å². The molecule has 1 rings (SSSR count). The van der Waals surface area contributed by atoms with Crippen LogP contribution in [0.25, 0.3) is 0 Å². The molecule has 0 radical (unpaired) electrons. The number of rotatable bonds is 7. The largest absolute Gasteiger partial charge is 0.385 e. The van der Waals surface area contributed by atoms with Crippen LogP contribution in [0.5, 0.6) is 0 Å². The Morgan fingerprint density at radius 2 is 2.10 bits per heavy atom. The van der Waals surface area contributed by atoms with E-state index in [0.717, 1.165) is 44.1 Å². The molecule has 0 saturated carbocycles. The van der Waals surface area contributed by atoms with Gasteiger partial charge in [-0.15, -0.1) is 24.0 Å². The third-order valence-electron chi connectivity index (χ3n) is 2.54. The minimum Gasteiger partial charge on any atom is -0.385 e. The van der Waals surface area contributed by atoms with E-state index in [2.05, 4.69) is 20.6 Å². The van der Waals surface area contributed by atoms with Crippen molar-refractivity contribution in [2.75, 3.05) is 33.9 Å². The molecule has 0 aromatic carbocycles. The molecule has 0 spiro atoms. The number of methoxy groups -OCH3 is 1. The summed E-state index contributed by atoms with van der Waals surface area (Å²) in [5, 5.41) is 6.99. The summed E-state index contributed by atoms with van der Waals surface area (Å²) < 4.78 is 4.99. The highest BCUT2D eigenvalue weighted by Gasteiger charge is 1.98. The fourth-order valence-corrected chi connectivity index (χ4v) is 1.64. The zero-order chi connectivity index (χ0) is 13.9. The van der Waals surface area contributed by atoms with Crippen LogP contribution >= 0.6 is 35.6 Å². The second kappa shape index (κ2) is 12.2. The third-order valence-corrected chi connectivity index (χ3v) is 2.76. The number of hydrogen-bond donors (Lipinski definition) is 2. The zero-order valence-electron chi connectivity index (χ0n) is 11.9. The van der Waals surface area contributed by atoms with E-state index in [0.29, 0.717) is 5.15 Å². The van der Waals surface area contributed by atoms with Gasteiger partial charge in [0, 0.05) is 40.1 Å². The Balaban J connectivity index is 0.00000361. The van der Waals surface area contributed by atoms with Crippen molar-refractivity contribution >= 4 is 41.5 Å². The highest BCUT2D eigenvalue weighted by atomic mass is 127. The van der Waals surface area contributed by atoms with Crippen molar-refractivity contribution in [2.45, 2.75) is 12.8 Å². The summed E-state index contributed by atoms with van der Waals surface area (Å²) in [6, 6.07) is 3.78. The molecule has 2 N–H and O–H groups in total. The lowest BCUT2D eigenvalue weighted by Crippen LogP contribution is -2.39. The molecule has 114 valence electrons. The molecule has 5 nitrogen and oxygen atoms in total. The quantitative estimate of drug-likeness (QED) is 0.237. The van der Waals surface area contributed by atoms with Gasteiger partial charge in [-0.2, -0.15) is 0 Å². The molecule has 0 fully saturated rings. The Morgan fingerprint density at radius 3 is 2.70 bits per heavy atom. The smallest absolute Gasteiger partial charge is 0.190 e. The zero-order valence-corrected chi connectivity index (χ0v) is 14.9. The standard InChI is InChI=1S/C13H21ClN4O.HI/c1-15-13(16-7-3-9-19-2)17-8-6-11-4-5-12(14)18-10-11;/h4-5,10H,3,6-9H2,1-2H3,(H2,15,16,17);1H. The number of aliphatic imine (C=N–C) groups is 1. The van der Waals surface area contributed by atoms with Crippen molar-refractivity contribution in [3.8, 4) is 0 Å². The van der Waals surface area contributed by atoms with Gasteiger partial charge in [-0.3, -0.25) is 4.99 Å². The molecule has 0 aliphatic carbocycles. The summed E-state index contributed by atoms with van der Waals surface area (Å²) in [6.45, 7) is 2.39. The average molecular weight is 413 g/mol. The second-order valence-corrected chi connectivity index (χ2v) is 4.40. The molecule has 1 heterocycles. The summed E-state index contributed by atoms with van der Waals surface area (Å²) in [7, 11) is 3.46. The minimum atomic E-state index is 0. The van der Waals surface area contributed by atoms with E-state index < -0.39 is 0 Å². The Bertz CT molecular complexity index is 386. The third kappa shape index (κ3) is 8.55. The lowest BCUT2D eigenvalue weighted by atomic mass is 10.2. The van der Waals surface area contributed by atoms with E-state index in [4.69, 9.17) is 16.3 Å². The summed E-state index contributed by atoms with van der Waals surface area (Å²) in [5.41, 5.74) is 1.15. The number of aromatic nitrogens is 1. The predicted molar refractivity (Wildman–Crippen MR) is 94.2 cm³/mol. The summed E-state index contributed by atoms with van der Waals surface area (Å²) in [4.78, 5) is 8.19. The van der Waals surface area contributed by atoms with Gasteiger partial charge in [0.2, 0.25) is 0 Å². The van der Waals surface area contributed by atoms with Crippen LogP contribution in [-0.2, 0) is 11.2 Å². The number of ether oxygens (including phenoxy) is 1. The molecule has 1 aromatic rings. The van der Waals surface area contributed by atoms with Gasteiger partial charge in [0.15, 0.2) is 5.96 Å². The van der Waals surface area contributed by atoms with Gasteiger partial charge in [-0.1, -0.05) is 17.7 Å². The molecule has 1 aromatic heterocycles. The minimum absolute atomic E-state index is 0. The maximum atomic E-state index is 5.74. The summed E-state index contributed by atoms with van der Waals surface area (Å²) in [6.07, 6.45) is 3.63. The maximum Gasteiger partial charge on any atom is 0.190 e. The SMILES string of the molecule is CN=C(NCCCOC)NCCc1ccc(Cl)nc1.I. The highest BCUT2D eigenvalue weighted by Crippen LogP contribution is 2.05. The number of nitrogens with zero attached hydrogens (tertiary/aromatic N) is 2. The Morgan fingerprint density at radius 1 is 1.35 bits per heavy atom. The molecule has 0 saturated heterocycles. The number of nitrogens with one attached hydrogen (secondary N) is 2. The molecule has 20 heavy (non-hydrogen) atoms. The van der Waals surface area contributed by atoms with Crippen LogP contribution in [0.3, 0.4) is 0 Å². The first-order valence-corrected chi connectivity index (χ1v) is 6.68. The van der Waals surface area contributed by atoms with Gasteiger partial charge < -0.3 is 15.4 Å². The van der Waals surface area contributed by atoms with Crippen LogP contribution in [-0.4, -0.2) is 44.8 Å². The molecule has 0 aliphatic rings. The molecule has 0 amide bonds. The summed E-state index contributed by atoms with van der Waals surface area (Å²) in [5.74, 6) is 0.804. The topological polar surface area (TPSA) is 58.5 Å². The van der Waals surface area contributed by atoms with Gasteiger partial charge in [-0.05, 0) is 24.5 Å². The van der Waals surface area contributed by atoms with Crippen molar-refractivity contribution in [3.05, 3.63) is 29.0 Å². The Labute approximate surface area is 142 Å². The number of guanidine groups is 1. The molecular weight excluding hydrogens is 391 g/mol. The number of pyridine rings is 1. The maximum absolute atomic E-state index is 5.74. The van der Waals surface area contributed by atoms with Gasteiger partial charge in [0.1, 0.15) is 5.15 Å². The van der Waals surface area contributed by atoms with Crippen LogP contribution in [0.15, 0.2) is 23.3 Å². The van der Waals surface area contributed by atoms with Crippen LogP contribution < -0.4 is 10.6 Å². The highest BCUT2D eigenvalue weighted by molar-refractivity contribution is 14.0. The fourth-order valence-electron chi connectivity index (χ4n) is 1.52. The lowest BCUT2D eigenvalue weighted by molar-refractivity contribution is 0.195. The molecule has 7 heteroatoms. The first-order chi connectivity index (χ1) is 9.26. The van der Waals surface area contributed by atoms with Gasteiger partial charge >= 0.3 is 0 Å². The first-order valence-electron chi connectivity index (χ1n) is 6.30. The molecule has 0 atom stereocenters. The van der Waals surface area contributed by atoms with Gasteiger partial charge in [0.25, 0.3) is 0 Å². The van der Waals surface area contributed by atoms with E-state index in [1.807, 2.05) is 6.07 Å². The van der Waals surface area contributed by atoms with Gasteiger partial charge in [-0.25, -0.2) is 4.98 Å². The van der Waals surface area contributed by atoms with Crippen molar-refractivity contribution in [2.24, 2.45) is 4.99 Å². The Hall–Kier alpha value is -0.600. The van der Waals surface area contributed by atoms with Crippen LogP contribution in [0.1, 0.15) is 12.0 Å². The normalized spacial score (nSPS) is 10.8. The van der Waals surface area contributed by atoms with E-state index in [9.17, 15) is 0 Å². The molecular formula is C13H22ClIN4O. The number of halogens is 2. The summed E-state index contributed by atoms with van der Waals surface area (Å²) >= 11 is 5.74. The van der Waals surface area contributed by atoms with Crippen molar-refractivity contribution in [1.29, 1.82) is 0 Å². The van der Waals surface area contributed by atoms with Crippen LogP contribution in [0.4, 0.5) is 0 Å². The van der Waals surface area contributed by atoms with Crippen LogP contribution in [0.2, 0.25) is 5.15 Å². The van der Waals surface area contributed by atoms with Crippen molar-refractivity contribution in [1.82, 2.24) is 15.6 Å². The first kappa shape index (κ1) is 19.4. The fraction of sp³-hybridized carbons (Fsp3) is 0.538. The lowest BCUT2D eigenvalue weighted by Gasteiger charge is -2.11. The van der Waals surface area contributed by atoms with E-state index >= 15 is 0 Å². The number of hydrogen-bond acceptors (Lipinski definition) is 3. The molecule has 0 unspecified atom stereocenters. The van der Waals surface area contributed by atoms with Gasteiger partial charge in [0.05, 0.1) is 0 Å². The van der Waals surface area contributed by atoms with E-state index in [1.54, 1.807) is 26.4 Å². The Kier molecular flexibility index (Phi) is 11.8. The second-order valence-electron chi connectivity index (χ2n) is 4.01. The monoisotopic (exact) mass is 412 g/mol. The van der Waals surface area contributed by atoms with Crippen LogP contribution in [0, 0.1) is 0 Å². The van der Waals surface area contributed by atoms with Crippen molar-refractivity contribution < 1.29 is 4.74 Å². The van der Waals surface area contributed by atoms with Crippen molar-refractivity contribution in [3.63, 3.8) is 0 Å². The predicted octanol–water partition coefficient (Wildman–Crippen LogP) is 2.10. The molecule has 0 aliphatic heterocycles. The average Bonchev–Trinajstić information content (AvgIpc) is 2.43.